The summed E-state index contributed by atoms with van der Waals surface area (Å²) in [6, 6.07) is 7.67. The highest BCUT2D eigenvalue weighted by Crippen LogP contribution is 2.23. The summed E-state index contributed by atoms with van der Waals surface area (Å²) in [6.07, 6.45) is 7.84. The molecule has 0 saturated heterocycles. The van der Waals surface area contributed by atoms with Gasteiger partial charge in [0.1, 0.15) is 0 Å². The van der Waals surface area contributed by atoms with Crippen LogP contribution in [0.3, 0.4) is 0 Å². The summed E-state index contributed by atoms with van der Waals surface area (Å²) in [4.78, 5) is 24.6. The average Bonchev–Trinajstić information content (AvgIpc) is 2.70. The van der Waals surface area contributed by atoms with Crippen LogP contribution < -0.4 is 5.32 Å². The second-order valence-electron chi connectivity index (χ2n) is 5.49. The van der Waals surface area contributed by atoms with Crippen molar-refractivity contribution in [3.8, 4) is 0 Å². The molecule has 0 radical (unpaired) electrons. The number of hydrogen-bond acceptors (Lipinski definition) is 4. The van der Waals surface area contributed by atoms with Crippen LogP contribution in [0.5, 0.6) is 0 Å². The van der Waals surface area contributed by atoms with E-state index in [2.05, 4.69) is 24.4 Å². The zero-order valence-corrected chi connectivity index (χ0v) is 13.8. The molecule has 1 aliphatic heterocycles. The van der Waals surface area contributed by atoms with Gasteiger partial charge in [0.15, 0.2) is 11.6 Å². The van der Waals surface area contributed by atoms with E-state index in [9.17, 15) is 9.59 Å². The fraction of sp³-hybridized carbons (Fsp3) is 0.444. The Kier molecular flexibility index (Phi) is 6.87. The molecule has 118 valence electrons. The quantitative estimate of drug-likeness (QED) is 0.615. The van der Waals surface area contributed by atoms with Gasteiger partial charge in [0.05, 0.1) is 12.6 Å². The summed E-state index contributed by atoms with van der Waals surface area (Å²) >= 11 is 1.86. The summed E-state index contributed by atoms with van der Waals surface area (Å²) < 4.78 is 0. The van der Waals surface area contributed by atoms with Crippen molar-refractivity contribution in [1.82, 2.24) is 5.32 Å². The predicted octanol–water partition coefficient (Wildman–Crippen LogP) is 3.70. The molecule has 1 aromatic carbocycles. The van der Waals surface area contributed by atoms with E-state index in [1.54, 1.807) is 0 Å². The molecule has 0 spiro atoms. The van der Waals surface area contributed by atoms with Crippen molar-refractivity contribution >= 4 is 23.3 Å². The molecule has 0 aromatic heterocycles. The van der Waals surface area contributed by atoms with Crippen LogP contribution in [0.1, 0.15) is 44.2 Å². The van der Waals surface area contributed by atoms with Gasteiger partial charge in [-0.1, -0.05) is 38.3 Å². The lowest BCUT2D eigenvalue weighted by Crippen LogP contribution is -2.29. The maximum absolute atomic E-state index is 12.0. The standard InChI is InChI=1S/C18H23NO2S/c1-2-3-4-5-12-22-16-9-6-14(7-10-16)18-17(21)11-8-15(20)13-19-18/h6-11,18-19H,2-5,12-13H2,1H3. The van der Waals surface area contributed by atoms with Crippen LogP contribution in [-0.4, -0.2) is 23.9 Å². The fourth-order valence-electron chi connectivity index (χ4n) is 2.39. The summed E-state index contributed by atoms with van der Waals surface area (Å²) in [5, 5.41) is 3.01. The molecule has 0 bridgehead atoms. The van der Waals surface area contributed by atoms with Gasteiger partial charge in [-0.15, -0.1) is 11.8 Å². The maximum atomic E-state index is 12.0. The van der Waals surface area contributed by atoms with E-state index in [4.69, 9.17) is 0 Å². The molecule has 0 fully saturated rings. The van der Waals surface area contributed by atoms with Crippen molar-refractivity contribution in [2.45, 2.75) is 43.5 Å². The number of ketones is 2. The second-order valence-corrected chi connectivity index (χ2v) is 6.66. The minimum absolute atomic E-state index is 0.0601. The number of hydrogen-bond donors (Lipinski definition) is 1. The third kappa shape index (κ3) is 5.11. The molecule has 1 unspecified atom stereocenters. The first-order valence-electron chi connectivity index (χ1n) is 7.91. The van der Waals surface area contributed by atoms with Gasteiger partial charge in [0.2, 0.25) is 0 Å². The van der Waals surface area contributed by atoms with Crippen LogP contribution in [0, 0.1) is 0 Å². The van der Waals surface area contributed by atoms with Gasteiger partial charge >= 0.3 is 0 Å². The number of nitrogens with one attached hydrogen (secondary N) is 1. The highest BCUT2D eigenvalue weighted by molar-refractivity contribution is 7.99. The molecule has 1 N–H and O–H groups in total. The van der Waals surface area contributed by atoms with Crippen LogP contribution in [0.25, 0.3) is 0 Å². The first kappa shape index (κ1) is 17.0. The Morgan fingerprint density at radius 2 is 1.86 bits per heavy atom. The van der Waals surface area contributed by atoms with Gasteiger partial charge in [0.25, 0.3) is 0 Å². The topological polar surface area (TPSA) is 46.2 Å². The smallest absolute Gasteiger partial charge is 0.177 e. The lowest BCUT2D eigenvalue weighted by molar-refractivity contribution is -0.116. The minimum Gasteiger partial charge on any atom is -0.296 e. The molecule has 2 rings (SSSR count). The van der Waals surface area contributed by atoms with Crippen molar-refractivity contribution in [3.05, 3.63) is 42.0 Å². The van der Waals surface area contributed by atoms with Crippen molar-refractivity contribution in [2.24, 2.45) is 0 Å². The van der Waals surface area contributed by atoms with Crippen LogP contribution in [-0.2, 0) is 9.59 Å². The van der Waals surface area contributed by atoms with E-state index in [-0.39, 0.29) is 18.1 Å². The molecule has 1 heterocycles. The van der Waals surface area contributed by atoms with E-state index in [0.717, 1.165) is 11.3 Å². The van der Waals surface area contributed by atoms with Crippen molar-refractivity contribution in [3.63, 3.8) is 0 Å². The highest BCUT2D eigenvalue weighted by atomic mass is 32.2. The summed E-state index contributed by atoms with van der Waals surface area (Å²) in [7, 11) is 0. The van der Waals surface area contributed by atoms with E-state index in [1.165, 1.54) is 42.7 Å². The van der Waals surface area contributed by atoms with Gasteiger partial charge in [-0.05, 0) is 42.0 Å². The lowest BCUT2D eigenvalue weighted by Gasteiger charge is -2.14. The minimum atomic E-state index is -0.411. The Morgan fingerprint density at radius 1 is 1.09 bits per heavy atom. The van der Waals surface area contributed by atoms with E-state index in [0.29, 0.717) is 0 Å². The van der Waals surface area contributed by atoms with Crippen LogP contribution in [0.4, 0.5) is 0 Å². The van der Waals surface area contributed by atoms with E-state index < -0.39 is 6.04 Å². The van der Waals surface area contributed by atoms with Crippen LogP contribution in [0.15, 0.2) is 41.3 Å². The maximum Gasteiger partial charge on any atom is 0.177 e. The molecule has 0 aliphatic carbocycles. The molecule has 1 aromatic rings. The number of rotatable bonds is 7. The van der Waals surface area contributed by atoms with Crippen molar-refractivity contribution in [2.75, 3.05) is 12.3 Å². The highest BCUT2D eigenvalue weighted by Gasteiger charge is 2.21. The molecule has 0 amide bonds. The SMILES string of the molecule is CCCCCCSc1ccc(C2NCC(=O)C=CC2=O)cc1. The third-order valence-corrected chi connectivity index (χ3v) is 4.78. The fourth-order valence-corrected chi connectivity index (χ4v) is 3.30. The average molecular weight is 317 g/mol. The molecule has 3 nitrogen and oxygen atoms in total. The second kappa shape index (κ2) is 8.91. The zero-order valence-electron chi connectivity index (χ0n) is 13.0. The number of carbonyl (C=O) groups is 2. The Labute approximate surface area is 136 Å². The molecular weight excluding hydrogens is 294 g/mol. The number of carbonyl (C=O) groups excluding carboxylic acids is 2. The van der Waals surface area contributed by atoms with Crippen molar-refractivity contribution in [1.29, 1.82) is 0 Å². The van der Waals surface area contributed by atoms with Crippen LogP contribution in [0.2, 0.25) is 0 Å². The van der Waals surface area contributed by atoms with Crippen molar-refractivity contribution < 1.29 is 9.59 Å². The molecule has 1 aliphatic rings. The van der Waals surface area contributed by atoms with E-state index in [1.807, 2.05) is 23.9 Å². The lowest BCUT2D eigenvalue weighted by atomic mass is 10.0. The van der Waals surface area contributed by atoms with Gasteiger partial charge in [-0.2, -0.15) is 0 Å². The summed E-state index contributed by atoms with van der Waals surface area (Å²) in [5.41, 5.74) is 0.916. The number of unbranched alkanes of at least 4 members (excludes halogenated alkanes) is 3. The Morgan fingerprint density at radius 3 is 2.59 bits per heavy atom. The zero-order chi connectivity index (χ0) is 15.8. The number of benzene rings is 1. The number of thioether (sulfide) groups is 1. The van der Waals surface area contributed by atoms with Gasteiger partial charge < -0.3 is 0 Å². The monoisotopic (exact) mass is 317 g/mol. The van der Waals surface area contributed by atoms with Gasteiger partial charge in [-0.25, -0.2) is 0 Å². The van der Waals surface area contributed by atoms with Crippen LogP contribution >= 0.6 is 11.8 Å². The molecule has 1 atom stereocenters. The van der Waals surface area contributed by atoms with Gasteiger partial charge in [-0.3, -0.25) is 14.9 Å². The molecule has 4 heteroatoms. The molecule has 22 heavy (non-hydrogen) atoms. The predicted molar refractivity (Wildman–Crippen MR) is 91.2 cm³/mol. The first-order valence-corrected chi connectivity index (χ1v) is 8.90. The summed E-state index contributed by atoms with van der Waals surface area (Å²) in [6.45, 7) is 2.43. The van der Waals surface area contributed by atoms with Gasteiger partial charge in [0, 0.05) is 4.90 Å². The normalized spacial score (nSPS) is 18.5. The van der Waals surface area contributed by atoms with E-state index >= 15 is 0 Å². The molecule has 0 saturated carbocycles. The third-order valence-electron chi connectivity index (χ3n) is 3.68. The molecular formula is C18H23NO2S. The summed E-state index contributed by atoms with van der Waals surface area (Å²) in [5.74, 6) is 1.01. The Bertz CT molecular complexity index is 537. The Hall–Kier alpha value is -1.39. The Balaban J connectivity index is 1.89. The largest absolute Gasteiger partial charge is 0.296 e. The first-order chi connectivity index (χ1) is 10.7.